The number of amides is 2. The van der Waals surface area contributed by atoms with Crippen LogP contribution in [0.2, 0.25) is 0 Å². The number of carbonyl (C=O) groups excluding carboxylic acids is 2. The number of benzene rings is 3. The average molecular weight is 504 g/mol. The van der Waals surface area contributed by atoms with Crippen molar-refractivity contribution in [1.82, 2.24) is 4.98 Å². The summed E-state index contributed by atoms with van der Waals surface area (Å²) in [6, 6.07) is 26.5. The van der Waals surface area contributed by atoms with Crippen LogP contribution in [0.4, 0.5) is 10.8 Å². The maximum Gasteiger partial charge on any atom is 0.262 e. The normalized spacial score (nSPS) is 11.5. The molecule has 2 N–H and O–H groups in total. The highest BCUT2D eigenvalue weighted by Gasteiger charge is 2.18. The maximum absolute atomic E-state index is 12.8. The standard InChI is InChI=1S/C27H25N3O3S2/c1-18-25(20-10-5-3-6-11-20)29-27(35-18)30-26(32)19(2)34-23-15-9-12-21(16-23)28-24(31)17-33-22-13-7-4-8-14-22/h3-16,19H,17H2,1-2H3,(H,28,31)(H,29,30,32). The first-order chi connectivity index (χ1) is 17.0. The number of carbonyl (C=O) groups is 2. The van der Waals surface area contributed by atoms with Crippen molar-refractivity contribution in [1.29, 1.82) is 0 Å². The van der Waals surface area contributed by atoms with Crippen LogP contribution in [0.25, 0.3) is 11.3 Å². The van der Waals surface area contributed by atoms with Crippen LogP contribution in [0.1, 0.15) is 11.8 Å². The second kappa shape index (κ2) is 11.7. The molecule has 4 aromatic rings. The van der Waals surface area contributed by atoms with Crippen molar-refractivity contribution in [2.24, 2.45) is 0 Å². The van der Waals surface area contributed by atoms with Gasteiger partial charge < -0.3 is 15.4 Å². The fourth-order valence-electron chi connectivity index (χ4n) is 3.29. The summed E-state index contributed by atoms with van der Waals surface area (Å²) in [4.78, 5) is 31.6. The second-order valence-corrected chi connectivity index (χ2v) is 10.3. The smallest absolute Gasteiger partial charge is 0.262 e. The number of para-hydroxylation sites is 1. The van der Waals surface area contributed by atoms with Crippen LogP contribution in [0.3, 0.4) is 0 Å². The van der Waals surface area contributed by atoms with Gasteiger partial charge in [0, 0.05) is 21.0 Å². The van der Waals surface area contributed by atoms with Crippen LogP contribution in [0.5, 0.6) is 5.75 Å². The highest BCUT2D eigenvalue weighted by Crippen LogP contribution is 2.31. The lowest BCUT2D eigenvalue weighted by Gasteiger charge is -2.12. The van der Waals surface area contributed by atoms with Gasteiger partial charge in [-0.15, -0.1) is 23.1 Å². The van der Waals surface area contributed by atoms with E-state index in [0.29, 0.717) is 16.6 Å². The number of thiazole rings is 1. The molecule has 6 nitrogen and oxygen atoms in total. The van der Waals surface area contributed by atoms with Crippen molar-refractivity contribution in [2.45, 2.75) is 24.0 Å². The number of hydrogen-bond acceptors (Lipinski definition) is 6. The Labute approximate surface area is 212 Å². The summed E-state index contributed by atoms with van der Waals surface area (Å²) >= 11 is 2.87. The highest BCUT2D eigenvalue weighted by molar-refractivity contribution is 8.00. The monoisotopic (exact) mass is 503 g/mol. The zero-order chi connectivity index (χ0) is 24.6. The Morgan fingerprint density at radius 3 is 2.43 bits per heavy atom. The molecule has 0 bridgehead atoms. The number of ether oxygens (including phenoxy) is 1. The third kappa shape index (κ3) is 6.94. The zero-order valence-electron chi connectivity index (χ0n) is 19.4. The molecule has 0 aliphatic rings. The lowest BCUT2D eigenvalue weighted by atomic mass is 10.1. The topological polar surface area (TPSA) is 80.3 Å². The first-order valence-corrected chi connectivity index (χ1v) is 12.8. The van der Waals surface area contributed by atoms with Gasteiger partial charge in [0.2, 0.25) is 5.91 Å². The minimum absolute atomic E-state index is 0.0849. The van der Waals surface area contributed by atoms with Gasteiger partial charge >= 0.3 is 0 Å². The van der Waals surface area contributed by atoms with Crippen LogP contribution < -0.4 is 15.4 Å². The molecule has 3 aromatic carbocycles. The van der Waals surface area contributed by atoms with E-state index < -0.39 is 0 Å². The van der Waals surface area contributed by atoms with Crippen LogP contribution in [0, 0.1) is 6.92 Å². The van der Waals surface area contributed by atoms with E-state index >= 15 is 0 Å². The molecular formula is C27H25N3O3S2. The molecule has 0 fully saturated rings. The maximum atomic E-state index is 12.8. The predicted octanol–water partition coefficient (Wildman–Crippen LogP) is 6.26. The average Bonchev–Trinajstić information content (AvgIpc) is 3.24. The molecule has 2 amide bonds. The number of nitrogens with one attached hydrogen (secondary N) is 2. The lowest BCUT2D eigenvalue weighted by Crippen LogP contribution is -2.22. The summed E-state index contributed by atoms with van der Waals surface area (Å²) in [5.74, 6) is 0.252. The molecule has 0 spiro atoms. The largest absolute Gasteiger partial charge is 0.484 e. The van der Waals surface area contributed by atoms with E-state index in [0.717, 1.165) is 21.0 Å². The number of nitrogens with zero attached hydrogens (tertiary/aromatic N) is 1. The fraction of sp³-hybridized carbons (Fsp3) is 0.148. The van der Waals surface area contributed by atoms with Crippen LogP contribution in [-0.2, 0) is 9.59 Å². The third-order valence-corrected chi connectivity index (χ3v) is 6.97. The van der Waals surface area contributed by atoms with Crippen molar-refractivity contribution in [3.05, 3.63) is 89.8 Å². The summed E-state index contributed by atoms with van der Waals surface area (Å²) in [5.41, 5.74) is 2.55. The summed E-state index contributed by atoms with van der Waals surface area (Å²) in [6.45, 7) is 3.76. The number of rotatable bonds is 9. The molecule has 1 aromatic heterocycles. The quantitative estimate of drug-likeness (QED) is 0.264. The number of thioether (sulfide) groups is 1. The van der Waals surface area contributed by atoms with E-state index in [4.69, 9.17) is 4.74 Å². The Bertz CT molecular complexity index is 1290. The van der Waals surface area contributed by atoms with E-state index in [-0.39, 0.29) is 23.7 Å². The van der Waals surface area contributed by atoms with Crippen molar-refractivity contribution in [2.75, 3.05) is 17.2 Å². The fourth-order valence-corrected chi connectivity index (χ4v) is 5.05. The Hall–Kier alpha value is -3.62. The van der Waals surface area contributed by atoms with Gasteiger partial charge in [0.15, 0.2) is 11.7 Å². The van der Waals surface area contributed by atoms with E-state index in [1.54, 1.807) is 18.2 Å². The molecule has 1 unspecified atom stereocenters. The van der Waals surface area contributed by atoms with Crippen molar-refractivity contribution >= 4 is 45.7 Å². The van der Waals surface area contributed by atoms with Crippen LogP contribution in [-0.4, -0.2) is 28.7 Å². The van der Waals surface area contributed by atoms with Gasteiger partial charge in [0.1, 0.15) is 5.75 Å². The molecule has 0 radical (unpaired) electrons. The third-order valence-electron chi connectivity index (χ3n) is 4.99. The van der Waals surface area contributed by atoms with Gasteiger partial charge in [0.05, 0.1) is 10.9 Å². The molecular weight excluding hydrogens is 478 g/mol. The van der Waals surface area contributed by atoms with Crippen LogP contribution in [0.15, 0.2) is 89.8 Å². The number of aryl methyl sites for hydroxylation is 1. The summed E-state index contributed by atoms with van der Waals surface area (Å²) in [5, 5.41) is 5.99. The second-order valence-electron chi connectivity index (χ2n) is 7.72. The Balaban J connectivity index is 1.32. The van der Waals surface area contributed by atoms with Gasteiger partial charge in [-0.25, -0.2) is 4.98 Å². The van der Waals surface area contributed by atoms with Crippen molar-refractivity contribution in [3.63, 3.8) is 0 Å². The molecule has 8 heteroatoms. The predicted molar refractivity (Wildman–Crippen MR) is 143 cm³/mol. The summed E-state index contributed by atoms with van der Waals surface area (Å²) in [7, 11) is 0. The highest BCUT2D eigenvalue weighted by atomic mass is 32.2. The minimum Gasteiger partial charge on any atom is -0.484 e. The van der Waals surface area contributed by atoms with Crippen molar-refractivity contribution < 1.29 is 14.3 Å². The first-order valence-electron chi connectivity index (χ1n) is 11.1. The molecule has 178 valence electrons. The molecule has 1 heterocycles. The van der Waals surface area contributed by atoms with E-state index in [1.165, 1.54) is 23.1 Å². The van der Waals surface area contributed by atoms with Gasteiger partial charge in [-0.2, -0.15) is 0 Å². The molecule has 0 saturated carbocycles. The SMILES string of the molecule is Cc1sc(NC(=O)C(C)Sc2cccc(NC(=O)COc3ccccc3)c2)nc1-c1ccccc1. The number of hydrogen-bond donors (Lipinski definition) is 2. The molecule has 0 aliphatic heterocycles. The minimum atomic E-state index is -0.355. The van der Waals surface area contributed by atoms with Gasteiger partial charge in [-0.1, -0.05) is 54.6 Å². The molecule has 0 saturated heterocycles. The first kappa shape index (κ1) is 24.5. The Morgan fingerprint density at radius 2 is 1.69 bits per heavy atom. The molecule has 4 rings (SSSR count). The zero-order valence-corrected chi connectivity index (χ0v) is 21.0. The lowest BCUT2D eigenvalue weighted by molar-refractivity contribution is -0.118. The van der Waals surface area contributed by atoms with Gasteiger partial charge in [-0.3, -0.25) is 9.59 Å². The van der Waals surface area contributed by atoms with Gasteiger partial charge in [-0.05, 0) is 44.2 Å². The van der Waals surface area contributed by atoms with E-state index in [9.17, 15) is 9.59 Å². The van der Waals surface area contributed by atoms with E-state index in [1.807, 2.05) is 80.6 Å². The molecule has 1 atom stereocenters. The van der Waals surface area contributed by atoms with Crippen molar-refractivity contribution in [3.8, 4) is 17.0 Å². The van der Waals surface area contributed by atoms with Crippen LogP contribution >= 0.6 is 23.1 Å². The number of anilines is 2. The molecule has 0 aliphatic carbocycles. The molecule has 35 heavy (non-hydrogen) atoms. The summed E-state index contributed by atoms with van der Waals surface area (Å²) < 4.78 is 5.49. The number of aromatic nitrogens is 1. The Kier molecular flexibility index (Phi) is 8.18. The van der Waals surface area contributed by atoms with Gasteiger partial charge in [0.25, 0.3) is 5.91 Å². The Morgan fingerprint density at radius 1 is 0.971 bits per heavy atom. The summed E-state index contributed by atoms with van der Waals surface area (Å²) in [6.07, 6.45) is 0. The van der Waals surface area contributed by atoms with E-state index in [2.05, 4.69) is 15.6 Å².